The topological polar surface area (TPSA) is 99.9 Å². The van der Waals surface area contributed by atoms with Crippen molar-refractivity contribution in [3.63, 3.8) is 0 Å². The molecule has 0 atom stereocenters. The zero-order valence-electron chi connectivity index (χ0n) is 29.9. The third-order valence-electron chi connectivity index (χ3n) is 8.47. The van der Waals surface area contributed by atoms with Crippen LogP contribution in [0, 0.1) is 0 Å². The van der Waals surface area contributed by atoms with Gasteiger partial charge in [-0.1, -0.05) is 126 Å². The number of nitrogens with two attached hydrogens (primary N) is 1. The standard InChI is InChI=1S/C23H53NO6Si2.C10H11BrO2.6CH4/c1-22(2,3)31(7,8)29-17-14-26-19-21(28-16-13-25-12-11-24)20-27-15-18-30-32(9,10)23(4,5)6;11-7-8-1-3-9(4-2-8)10-12-5-6-13-10;;;;;;/h21H,11-20,24H2,1-10H3;1-4,10H,5-7H2;6*1H4. The van der Waals surface area contributed by atoms with Crippen molar-refractivity contribution in [2.45, 2.75) is 140 Å². The van der Waals surface area contributed by atoms with E-state index in [4.69, 9.17) is 43.0 Å². The lowest BCUT2D eigenvalue weighted by Gasteiger charge is -2.36. The lowest BCUT2D eigenvalue weighted by molar-refractivity contribution is -0.0775. The van der Waals surface area contributed by atoms with Gasteiger partial charge in [0.05, 0.1) is 72.7 Å². The Morgan fingerprint density at radius 3 is 1.45 bits per heavy atom. The fourth-order valence-corrected chi connectivity index (χ4v) is 5.92. The molecule has 1 aliphatic heterocycles. The summed E-state index contributed by atoms with van der Waals surface area (Å²) in [7, 11) is -3.50. The quantitative estimate of drug-likeness (QED) is 0.0782. The third-order valence-corrected chi connectivity index (χ3v) is 18.2. The fourth-order valence-electron chi connectivity index (χ4n) is 3.49. The minimum Gasteiger partial charge on any atom is -0.414 e. The number of hydrogen-bond acceptors (Lipinski definition) is 9. The van der Waals surface area contributed by atoms with Crippen molar-refractivity contribution in [1.29, 1.82) is 0 Å². The van der Waals surface area contributed by atoms with E-state index in [2.05, 4.69) is 95.8 Å². The first-order valence-corrected chi connectivity index (χ1v) is 23.2. The van der Waals surface area contributed by atoms with E-state index in [0.29, 0.717) is 79.2 Å². The Morgan fingerprint density at radius 1 is 0.667 bits per heavy atom. The number of benzene rings is 1. The van der Waals surface area contributed by atoms with Crippen LogP contribution in [-0.2, 0) is 42.6 Å². The summed E-state index contributed by atoms with van der Waals surface area (Å²) in [5.41, 5.74) is 7.81. The number of ether oxygens (including phenoxy) is 6. The van der Waals surface area contributed by atoms with Gasteiger partial charge >= 0.3 is 0 Å². The molecule has 2 N–H and O–H groups in total. The summed E-state index contributed by atoms with van der Waals surface area (Å²) in [6, 6.07) is 8.25. The molecule has 0 aliphatic carbocycles. The lowest BCUT2D eigenvalue weighted by atomic mass is 10.1. The van der Waals surface area contributed by atoms with Crippen LogP contribution in [0.15, 0.2) is 24.3 Å². The molecule has 51 heavy (non-hydrogen) atoms. The van der Waals surface area contributed by atoms with Gasteiger partial charge in [0.25, 0.3) is 0 Å². The summed E-state index contributed by atoms with van der Waals surface area (Å²) in [6.07, 6.45) is -0.304. The van der Waals surface area contributed by atoms with Crippen LogP contribution in [-0.4, -0.2) is 102 Å². The molecular weight excluding hydrogens is 747 g/mol. The highest BCUT2D eigenvalue weighted by Gasteiger charge is 2.37. The number of halogens is 1. The molecule has 1 aliphatic rings. The van der Waals surface area contributed by atoms with Crippen LogP contribution in [0.25, 0.3) is 0 Å². The minimum absolute atomic E-state index is 0. The Labute approximate surface area is 329 Å². The maximum absolute atomic E-state index is 6.17. The van der Waals surface area contributed by atoms with Crippen molar-refractivity contribution in [1.82, 2.24) is 0 Å². The van der Waals surface area contributed by atoms with Gasteiger partial charge in [0, 0.05) is 17.4 Å². The third kappa shape index (κ3) is 26.3. The largest absolute Gasteiger partial charge is 0.414 e. The summed E-state index contributed by atoms with van der Waals surface area (Å²) in [6.45, 7) is 29.1. The van der Waals surface area contributed by atoms with Crippen molar-refractivity contribution in [3.8, 4) is 0 Å². The SMILES string of the molecule is BrCc1ccc(C2OCCO2)cc1.C.C.C.C.C.C.CC(C)(C)[Si](C)(C)OCCOCC(COCCO[Si](C)(C)C(C)(C)C)OCCOCCN. The Hall–Kier alpha value is -0.226. The van der Waals surface area contributed by atoms with Gasteiger partial charge in [-0.3, -0.25) is 0 Å². The van der Waals surface area contributed by atoms with Crippen LogP contribution in [0.1, 0.15) is 104 Å². The van der Waals surface area contributed by atoms with Crippen molar-refractivity contribution >= 4 is 32.6 Å². The van der Waals surface area contributed by atoms with Crippen molar-refractivity contribution in [3.05, 3.63) is 35.4 Å². The Morgan fingerprint density at radius 2 is 1.08 bits per heavy atom. The monoisotopic (exact) mass is 834 g/mol. The summed E-state index contributed by atoms with van der Waals surface area (Å²) >= 11 is 3.40. The lowest BCUT2D eigenvalue weighted by Crippen LogP contribution is -2.42. The molecule has 12 heteroatoms. The smallest absolute Gasteiger partial charge is 0.192 e. The molecule has 2 rings (SSSR count). The van der Waals surface area contributed by atoms with Gasteiger partial charge in [-0.25, -0.2) is 0 Å². The number of rotatable bonds is 20. The van der Waals surface area contributed by atoms with Crippen molar-refractivity contribution in [2.24, 2.45) is 5.73 Å². The summed E-state index contributed by atoms with van der Waals surface area (Å²) < 4.78 is 46.1. The van der Waals surface area contributed by atoms with E-state index in [1.54, 1.807) is 0 Å². The molecule has 1 aromatic rings. The predicted octanol–water partition coefficient (Wildman–Crippen LogP) is 10.9. The average Bonchev–Trinajstić information content (AvgIpc) is 3.50. The van der Waals surface area contributed by atoms with Gasteiger partial charge in [0.15, 0.2) is 22.9 Å². The van der Waals surface area contributed by atoms with E-state index in [1.165, 1.54) is 5.56 Å². The summed E-state index contributed by atoms with van der Waals surface area (Å²) in [5, 5.41) is 1.28. The number of hydrogen-bond donors (Lipinski definition) is 1. The Balaban J connectivity index is -0.000000225. The summed E-state index contributed by atoms with van der Waals surface area (Å²) in [4.78, 5) is 0. The molecule has 0 saturated carbocycles. The van der Waals surface area contributed by atoms with E-state index < -0.39 is 16.6 Å². The first kappa shape index (κ1) is 62.7. The fraction of sp³-hybridized carbons (Fsp3) is 0.846. The van der Waals surface area contributed by atoms with E-state index in [1.807, 2.05) is 12.1 Å². The molecule has 1 heterocycles. The van der Waals surface area contributed by atoms with Crippen LogP contribution in [0.5, 0.6) is 0 Å². The second-order valence-electron chi connectivity index (χ2n) is 14.2. The predicted molar refractivity (Wildman–Crippen MR) is 232 cm³/mol. The molecule has 0 unspecified atom stereocenters. The molecular formula is C39H88BrNO8Si2. The molecule has 0 spiro atoms. The molecule has 1 saturated heterocycles. The highest BCUT2D eigenvalue weighted by atomic mass is 79.9. The maximum atomic E-state index is 6.17. The molecule has 9 nitrogen and oxygen atoms in total. The van der Waals surface area contributed by atoms with Crippen LogP contribution in [0.4, 0.5) is 0 Å². The molecule has 0 radical (unpaired) electrons. The molecule has 0 aromatic heterocycles. The first-order valence-electron chi connectivity index (χ1n) is 16.2. The molecule has 0 amide bonds. The van der Waals surface area contributed by atoms with Crippen molar-refractivity contribution in [2.75, 3.05) is 79.2 Å². The van der Waals surface area contributed by atoms with E-state index in [9.17, 15) is 0 Å². The normalized spacial score (nSPS) is 13.3. The van der Waals surface area contributed by atoms with Gasteiger partial charge in [0.2, 0.25) is 0 Å². The van der Waals surface area contributed by atoms with Crippen LogP contribution in [0.2, 0.25) is 36.3 Å². The van der Waals surface area contributed by atoms with Crippen LogP contribution >= 0.6 is 15.9 Å². The average molecular weight is 835 g/mol. The zero-order valence-corrected chi connectivity index (χ0v) is 33.5. The van der Waals surface area contributed by atoms with Gasteiger partial charge < -0.3 is 43.0 Å². The van der Waals surface area contributed by atoms with Gasteiger partial charge in [-0.15, -0.1) is 0 Å². The maximum Gasteiger partial charge on any atom is 0.192 e. The Bertz CT molecular complexity index is 855. The number of alkyl halides is 1. The summed E-state index contributed by atoms with van der Waals surface area (Å²) in [5.74, 6) is 0. The van der Waals surface area contributed by atoms with Crippen LogP contribution < -0.4 is 5.73 Å². The van der Waals surface area contributed by atoms with Gasteiger partial charge in [-0.05, 0) is 41.8 Å². The van der Waals surface area contributed by atoms with E-state index in [0.717, 1.165) is 10.9 Å². The zero-order chi connectivity index (χ0) is 34.0. The minimum atomic E-state index is -1.75. The van der Waals surface area contributed by atoms with Crippen molar-refractivity contribution < 1.29 is 37.3 Å². The molecule has 1 aromatic carbocycles. The van der Waals surface area contributed by atoms with E-state index in [-0.39, 0.29) is 67.0 Å². The molecule has 1 fully saturated rings. The first-order chi connectivity index (χ1) is 21.0. The highest BCUT2D eigenvalue weighted by molar-refractivity contribution is 9.08. The molecule has 312 valence electrons. The molecule has 0 bridgehead atoms. The second-order valence-corrected chi connectivity index (χ2v) is 24.4. The highest BCUT2D eigenvalue weighted by Crippen LogP contribution is 2.37. The van der Waals surface area contributed by atoms with Gasteiger partial charge in [0.1, 0.15) is 6.10 Å². The van der Waals surface area contributed by atoms with Gasteiger partial charge in [-0.2, -0.15) is 0 Å². The van der Waals surface area contributed by atoms with Crippen LogP contribution in [0.3, 0.4) is 0 Å². The van der Waals surface area contributed by atoms with E-state index >= 15 is 0 Å². The Kier molecular flexibility index (Phi) is 39.4. The second kappa shape index (κ2) is 32.1.